The van der Waals surface area contributed by atoms with Crippen molar-refractivity contribution in [3.63, 3.8) is 0 Å². The zero-order valence-electron chi connectivity index (χ0n) is 11.0. The monoisotopic (exact) mass is 250 g/mol. The average molecular weight is 250 g/mol. The minimum Gasteiger partial charge on any atom is -0.313 e. The van der Waals surface area contributed by atoms with Crippen molar-refractivity contribution in [3.8, 4) is 0 Å². The first-order valence-corrected chi connectivity index (χ1v) is 6.84. The van der Waals surface area contributed by atoms with Gasteiger partial charge in [-0.25, -0.2) is 4.68 Å². The molecule has 0 radical (unpaired) electrons. The Kier molecular flexibility index (Phi) is 4.75. The van der Waals surface area contributed by atoms with Crippen LogP contribution in [0.1, 0.15) is 39.0 Å². The maximum Gasteiger partial charge on any atom is 0.227 e. The molecule has 1 unspecified atom stereocenters. The lowest BCUT2D eigenvalue weighted by Crippen LogP contribution is -2.28. The molecular weight excluding hydrogens is 228 g/mol. The highest BCUT2D eigenvalue weighted by Gasteiger charge is 2.18. The Morgan fingerprint density at radius 3 is 3.28 bits per heavy atom. The summed E-state index contributed by atoms with van der Waals surface area (Å²) in [5, 5.41) is 10.5. The summed E-state index contributed by atoms with van der Waals surface area (Å²) in [7, 11) is 0. The molecule has 1 aliphatic rings. The molecule has 1 aliphatic heterocycles. The Hall–Kier alpha value is -1.36. The molecule has 1 amide bonds. The molecule has 0 aromatic carbocycles. The van der Waals surface area contributed by atoms with Crippen molar-refractivity contribution < 1.29 is 4.79 Å². The zero-order chi connectivity index (χ0) is 12.8. The third-order valence-electron chi connectivity index (χ3n) is 3.30. The van der Waals surface area contributed by atoms with Gasteiger partial charge < -0.3 is 10.6 Å². The van der Waals surface area contributed by atoms with Crippen molar-refractivity contribution in [1.82, 2.24) is 15.1 Å². The molecule has 5 heteroatoms. The van der Waals surface area contributed by atoms with Crippen molar-refractivity contribution in [2.24, 2.45) is 0 Å². The van der Waals surface area contributed by atoms with Crippen LogP contribution in [0.25, 0.3) is 0 Å². The van der Waals surface area contributed by atoms with E-state index < -0.39 is 0 Å². The molecule has 1 aromatic rings. The molecule has 1 aromatic heterocycles. The van der Waals surface area contributed by atoms with Crippen LogP contribution in [0, 0.1) is 0 Å². The third-order valence-corrected chi connectivity index (χ3v) is 3.30. The molecule has 1 fully saturated rings. The van der Waals surface area contributed by atoms with Gasteiger partial charge in [0.15, 0.2) is 0 Å². The van der Waals surface area contributed by atoms with Crippen LogP contribution in [0.5, 0.6) is 0 Å². The number of carbonyl (C=O) groups is 1. The molecule has 0 spiro atoms. The fourth-order valence-electron chi connectivity index (χ4n) is 2.27. The predicted octanol–water partition coefficient (Wildman–Crippen LogP) is 1.76. The predicted molar refractivity (Wildman–Crippen MR) is 71.4 cm³/mol. The highest BCUT2D eigenvalue weighted by molar-refractivity contribution is 5.90. The number of aromatic nitrogens is 2. The van der Waals surface area contributed by atoms with Crippen LogP contribution in [0.3, 0.4) is 0 Å². The summed E-state index contributed by atoms with van der Waals surface area (Å²) in [6.07, 6.45) is 6.76. The fraction of sp³-hybridized carbons (Fsp3) is 0.692. The Labute approximate surface area is 108 Å². The maximum atomic E-state index is 11.9. The Balaban J connectivity index is 1.84. The average Bonchev–Trinajstić information content (AvgIpc) is 2.98. The molecule has 1 saturated heterocycles. The highest BCUT2D eigenvalue weighted by Crippen LogP contribution is 2.12. The molecule has 5 nitrogen and oxygen atoms in total. The number of nitrogens with one attached hydrogen (secondary N) is 2. The summed E-state index contributed by atoms with van der Waals surface area (Å²) in [4.78, 5) is 11.9. The maximum absolute atomic E-state index is 11.9. The van der Waals surface area contributed by atoms with Crippen molar-refractivity contribution in [2.75, 3.05) is 11.9 Å². The number of hydrogen-bond acceptors (Lipinski definition) is 3. The fourth-order valence-corrected chi connectivity index (χ4v) is 2.27. The van der Waals surface area contributed by atoms with E-state index in [1.807, 2.05) is 10.7 Å². The van der Waals surface area contributed by atoms with Crippen LogP contribution in [-0.4, -0.2) is 28.3 Å². The van der Waals surface area contributed by atoms with E-state index in [0.29, 0.717) is 12.5 Å². The minimum absolute atomic E-state index is 0.0765. The molecule has 2 heterocycles. The van der Waals surface area contributed by atoms with Gasteiger partial charge in [0.2, 0.25) is 5.91 Å². The lowest BCUT2D eigenvalue weighted by atomic mass is 10.1. The number of hydrogen-bond donors (Lipinski definition) is 2. The van der Waals surface area contributed by atoms with E-state index in [-0.39, 0.29) is 5.91 Å². The third kappa shape index (κ3) is 3.57. The van der Waals surface area contributed by atoms with Crippen LogP contribution < -0.4 is 10.6 Å². The van der Waals surface area contributed by atoms with E-state index in [0.717, 1.165) is 38.2 Å². The summed E-state index contributed by atoms with van der Waals surface area (Å²) in [6, 6.07) is 2.20. The lowest BCUT2D eigenvalue weighted by Gasteiger charge is -2.11. The Morgan fingerprint density at radius 1 is 1.67 bits per heavy atom. The highest BCUT2D eigenvalue weighted by atomic mass is 16.1. The topological polar surface area (TPSA) is 59.0 Å². The number of unbranched alkanes of at least 4 members (excludes halogenated alkanes) is 1. The van der Waals surface area contributed by atoms with Crippen LogP contribution >= 0.6 is 0 Å². The van der Waals surface area contributed by atoms with Crippen molar-refractivity contribution in [1.29, 1.82) is 0 Å². The molecule has 0 saturated carbocycles. The van der Waals surface area contributed by atoms with Gasteiger partial charge in [-0.05, 0) is 25.8 Å². The lowest BCUT2D eigenvalue weighted by molar-refractivity contribution is -0.116. The molecule has 1 atom stereocenters. The van der Waals surface area contributed by atoms with Gasteiger partial charge in [-0.15, -0.1) is 0 Å². The van der Waals surface area contributed by atoms with Gasteiger partial charge in [-0.1, -0.05) is 13.3 Å². The zero-order valence-corrected chi connectivity index (χ0v) is 11.0. The van der Waals surface area contributed by atoms with Crippen molar-refractivity contribution in [3.05, 3.63) is 12.3 Å². The van der Waals surface area contributed by atoms with E-state index in [1.165, 1.54) is 6.42 Å². The standard InChI is InChI=1S/C13H22N4O/c1-2-3-9-17-12(6-8-15-17)16-13(18)10-11-5-4-7-14-11/h6,8,11,14H,2-5,7,9-10H2,1H3,(H,16,18). The molecule has 2 rings (SSSR count). The molecule has 0 aliphatic carbocycles. The second-order valence-corrected chi connectivity index (χ2v) is 4.84. The smallest absolute Gasteiger partial charge is 0.227 e. The summed E-state index contributed by atoms with van der Waals surface area (Å²) >= 11 is 0. The molecule has 100 valence electrons. The van der Waals surface area contributed by atoms with Gasteiger partial charge in [0.05, 0.1) is 6.20 Å². The summed E-state index contributed by atoms with van der Waals surface area (Å²) in [5.74, 6) is 0.888. The second kappa shape index (κ2) is 6.54. The summed E-state index contributed by atoms with van der Waals surface area (Å²) < 4.78 is 1.86. The number of carbonyl (C=O) groups excluding carboxylic acids is 1. The second-order valence-electron chi connectivity index (χ2n) is 4.84. The number of rotatable bonds is 6. The van der Waals surface area contributed by atoms with Gasteiger partial charge in [0.25, 0.3) is 0 Å². The van der Waals surface area contributed by atoms with E-state index in [2.05, 4.69) is 22.7 Å². The molecule has 18 heavy (non-hydrogen) atoms. The van der Waals surface area contributed by atoms with Gasteiger partial charge in [0.1, 0.15) is 5.82 Å². The first-order chi connectivity index (χ1) is 8.79. The van der Waals surface area contributed by atoms with Crippen LogP contribution in [0.4, 0.5) is 5.82 Å². The normalized spacial score (nSPS) is 19.1. The Bertz CT molecular complexity index is 382. The van der Waals surface area contributed by atoms with Crippen LogP contribution in [0.15, 0.2) is 12.3 Å². The van der Waals surface area contributed by atoms with E-state index in [1.54, 1.807) is 6.20 Å². The van der Waals surface area contributed by atoms with Gasteiger partial charge >= 0.3 is 0 Å². The van der Waals surface area contributed by atoms with Crippen LogP contribution in [-0.2, 0) is 11.3 Å². The van der Waals surface area contributed by atoms with Crippen molar-refractivity contribution >= 4 is 11.7 Å². The minimum atomic E-state index is 0.0765. The first kappa shape index (κ1) is 13.1. The van der Waals surface area contributed by atoms with E-state index in [9.17, 15) is 4.79 Å². The van der Waals surface area contributed by atoms with E-state index >= 15 is 0 Å². The van der Waals surface area contributed by atoms with Gasteiger partial charge in [0, 0.05) is 25.1 Å². The number of nitrogens with zero attached hydrogens (tertiary/aromatic N) is 2. The van der Waals surface area contributed by atoms with Crippen molar-refractivity contribution in [2.45, 2.75) is 51.6 Å². The number of anilines is 1. The summed E-state index contributed by atoms with van der Waals surface area (Å²) in [5.41, 5.74) is 0. The van der Waals surface area contributed by atoms with Gasteiger partial charge in [-0.2, -0.15) is 5.10 Å². The number of amides is 1. The summed E-state index contributed by atoms with van der Waals surface area (Å²) in [6.45, 7) is 4.04. The Morgan fingerprint density at radius 2 is 2.56 bits per heavy atom. The molecule has 0 bridgehead atoms. The molecular formula is C13H22N4O. The number of aryl methyl sites for hydroxylation is 1. The quantitative estimate of drug-likeness (QED) is 0.809. The van der Waals surface area contributed by atoms with E-state index in [4.69, 9.17) is 0 Å². The van der Waals surface area contributed by atoms with Gasteiger partial charge in [-0.3, -0.25) is 4.79 Å². The molecule has 2 N–H and O–H groups in total. The first-order valence-electron chi connectivity index (χ1n) is 6.84. The van der Waals surface area contributed by atoms with Crippen LogP contribution in [0.2, 0.25) is 0 Å². The largest absolute Gasteiger partial charge is 0.313 e. The SMILES string of the molecule is CCCCn1nccc1NC(=O)CC1CCCN1.